The Bertz CT molecular complexity index is 1280. The molecule has 4 heterocycles. The van der Waals surface area contributed by atoms with E-state index in [9.17, 15) is 10.1 Å². The van der Waals surface area contributed by atoms with Crippen molar-refractivity contribution < 1.29 is 0 Å². The number of nitrogens with zero attached hydrogens (tertiary/aromatic N) is 5. The molecule has 3 aromatic heterocycles. The van der Waals surface area contributed by atoms with E-state index in [1.54, 1.807) is 0 Å². The Morgan fingerprint density at radius 3 is 2.75 bits per heavy atom. The van der Waals surface area contributed by atoms with Crippen LogP contribution in [0, 0.1) is 18.3 Å². The van der Waals surface area contributed by atoms with Crippen molar-refractivity contribution in [1.82, 2.24) is 24.6 Å². The molecule has 28 heavy (non-hydrogen) atoms. The second-order valence-corrected chi connectivity index (χ2v) is 7.26. The van der Waals surface area contributed by atoms with Crippen molar-refractivity contribution in [3.05, 3.63) is 57.8 Å². The van der Waals surface area contributed by atoms with Crippen molar-refractivity contribution in [2.75, 3.05) is 18.0 Å². The maximum absolute atomic E-state index is 11.3. The average molecular weight is 373 g/mol. The molecular weight excluding hydrogens is 354 g/mol. The monoisotopic (exact) mass is 373 g/mol. The lowest BCUT2D eigenvalue weighted by atomic mass is 9.96. The zero-order chi connectivity index (χ0) is 19.3. The highest BCUT2D eigenvalue weighted by molar-refractivity contribution is 5.85. The minimum Gasteiger partial charge on any atom is -0.358 e. The van der Waals surface area contributed by atoms with Crippen LogP contribution < -0.4 is 10.6 Å². The zero-order valence-corrected chi connectivity index (χ0v) is 15.4. The average Bonchev–Trinajstić information content (AvgIpc) is 3.31. The van der Waals surface area contributed by atoms with E-state index in [1.807, 2.05) is 31.2 Å². The summed E-state index contributed by atoms with van der Waals surface area (Å²) in [5, 5.41) is 16.2. The van der Waals surface area contributed by atoms with Gasteiger partial charge in [0.1, 0.15) is 17.7 Å². The highest BCUT2D eigenvalue weighted by Crippen LogP contribution is 2.32. The molecule has 1 aromatic carbocycles. The number of fused-ring (bicyclic) bond motifs is 3. The number of benzene rings is 1. The Hall–Kier alpha value is -3.60. The highest BCUT2D eigenvalue weighted by Gasteiger charge is 2.26. The number of piperidine rings is 1. The number of imidazole rings is 1. The molecule has 140 valence electrons. The first-order valence-electron chi connectivity index (χ1n) is 9.36. The Morgan fingerprint density at radius 1 is 1.25 bits per heavy atom. The van der Waals surface area contributed by atoms with Gasteiger partial charge in [0.05, 0.1) is 16.6 Å². The van der Waals surface area contributed by atoms with Crippen LogP contribution in [0.25, 0.3) is 16.7 Å². The van der Waals surface area contributed by atoms with Crippen LogP contribution >= 0.6 is 0 Å². The molecule has 5 rings (SSSR count). The van der Waals surface area contributed by atoms with Crippen LogP contribution in [0.4, 0.5) is 5.82 Å². The third kappa shape index (κ3) is 2.47. The van der Waals surface area contributed by atoms with Gasteiger partial charge in [-0.25, -0.2) is 14.9 Å². The fourth-order valence-electron chi connectivity index (χ4n) is 4.16. The largest absolute Gasteiger partial charge is 0.358 e. The van der Waals surface area contributed by atoms with Crippen LogP contribution in [0.1, 0.15) is 35.7 Å². The minimum absolute atomic E-state index is 0.240. The van der Waals surface area contributed by atoms with E-state index >= 15 is 0 Å². The number of nitrogens with one attached hydrogen (secondary N) is 2. The van der Waals surface area contributed by atoms with Gasteiger partial charge in [0.25, 0.3) is 0 Å². The Kier molecular flexibility index (Phi) is 3.69. The molecule has 8 nitrogen and oxygen atoms in total. The lowest BCUT2D eigenvalue weighted by molar-refractivity contribution is 0.484. The van der Waals surface area contributed by atoms with Crippen molar-refractivity contribution >= 4 is 22.5 Å². The van der Waals surface area contributed by atoms with E-state index in [1.165, 1.54) is 0 Å². The van der Waals surface area contributed by atoms with Crippen LogP contribution in [0.15, 0.2) is 35.1 Å². The van der Waals surface area contributed by atoms with Crippen molar-refractivity contribution in [1.29, 1.82) is 5.26 Å². The molecular formula is C20H19N7O. The first kappa shape index (κ1) is 16.6. The lowest BCUT2D eigenvalue weighted by Crippen LogP contribution is -2.34. The number of pyridine rings is 1. The summed E-state index contributed by atoms with van der Waals surface area (Å²) in [7, 11) is 0. The molecule has 8 heteroatoms. The van der Waals surface area contributed by atoms with Gasteiger partial charge in [-0.1, -0.05) is 12.1 Å². The summed E-state index contributed by atoms with van der Waals surface area (Å²) >= 11 is 0. The molecule has 1 saturated heterocycles. The number of H-pyrrole nitrogens is 2. The van der Waals surface area contributed by atoms with Crippen molar-refractivity contribution in [2.45, 2.75) is 25.7 Å². The number of para-hydroxylation sites is 2. The first-order valence-corrected chi connectivity index (χ1v) is 9.36. The first-order chi connectivity index (χ1) is 13.7. The number of hydrogen-bond acceptors (Lipinski definition) is 5. The van der Waals surface area contributed by atoms with E-state index in [0.29, 0.717) is 11.2 Å². The maximum atomic E-state index is 11.3. The van der Waals surface area contributed by atoms with Gasteiger partial charge in [0.15, 0.2) is 5.65 Å². The summed E-state index contributed by atoms with van der Waals surface area (Å²) in [5.41, 5.74) is 3.88. The summed E-state index contributed by atoms with van der Waals surface area (Å²) in [5.74, 6) is 2.03. The second-order valence-electron chi connectivity index (χ2n) is 7.26. The molecule has 1 fully saturated rings. The second kappa shape index (κ2) is 6.23. The highest BCUT2D eigenvalue weighted by atomic mass is 16.1. The summed E-state index contributed by atoms with van der Waals surface area (Å²) < 4.78 is 2.09. The molecule has 4 aromatic rings. The summed E-state index contributed by atoms with van der Waals surface area (Å²) in [4.78, 5) is 21.2. The van der Waals surface area contributed by atoms with Crippen molar-refractivity contribution in [3.63, 3.8) is 0 Å². The molecule has 0 aliphatic carbocycles. The number of aryl methyl sites for hydroxylation is 1. The van der Waals surface area contributed by atoms with E-state index in [0.717, 1.165) is 54.2 Å². The number of nitriles is 1. The number of hydrogen-bond donors (Lipinski definition) is 2. The van der Waals surface area contributed by atoms with Gasteiger partial charge in [-0.3, -0.25) is 9.38 Å². The predicted octanol–water partition coefficient (Wildman–Crippen LogP) is 2.46. The molecule has 0 spiro atoms. The van der Waals surface area contributed by atoms with Crippen molar-refractivity contribution in [2.24, 2.45) is 0 Å². The smallest absolute Gasteiger partial charge is 0.340 e. The molecule has 0 bridgehead atoms. The maximum Gasteiger partial charge on any atom is 0.340 e. The van der Waals surface area contributed by atoms with Gasteiger partial charge in [-0.05, 0) is 43.5 Å². The molecule has 0 radical (unpaired) electrons. The Morgan fingerprint density at radius 2 is 2.04 bits per heavy atom. The van der Waals surface area contributed by atoms with Gasteiger partial charge in [-0.2, -0.15) is 10.4 Å². The lowest BCUT2D eigenvalue weighted by Gasteiger charge is -2.33. The number of rotatable bonds is 2. The van der Waals surface area contributed by atoms with Crippen LogP contribution in [0.3, 0.4) is 0 Å². The van der Waals surface area contributed by atoms with Gasteiger partial charge >= 0.3 is 5.69 Å². The topological polar surface area (TPSA) is 106 Å². The molecule has 2 N–H and O–H groups in total. The van der Waals surface area contributed by atoms with E-state index in [-0.39, 0.29) is 11.6 Å². The summed E-state index contributed by atoms with van der Waals surface area (Å²) in [6.07, 6.45) is 1.79. The molecule has 0 saturated carbocycles. The van der Waals surface area contributed by atoms with Crippen LogP contribution in [0.2, 0.25) is 0 Å². The van der Waals surface area contributed by atoms with E-state index in [4.69, 9.17) is 4.98 Å². The quantitative estimate of drug-likeness (QED) is 0.561. The van der Waals surface area contributed by atoms with Crippen LogP contribution in [-0.2, 0) is 0 Å². The van der Waals surface area contributed by atoms with E-state index < -0.39 is 0 Å². The zero-order valence-electron chi connectivity index (χ0n) is 15.4. The molecule has 0 amide bonds. The fraction of sp³-hybridized carbons (Fsp3) is 0.300. The molecule has 0 atom stereocenters. The fourth-order valence-corrected chi connectivity index (χ4v) is 4.16. The van der Waals surface area contributed by atoms with Crippen molar-refractivity contribution in [3.8, 4) is 6.07 Å². The van der Waals surface area contributed by atoms with Gasteiger partial charge in [0, 0.05) is 19.0 Å². The number of aromatic nitrogens is 5. The Balaban J connectivity index is 1.58. The normalized spacial score (nSPS) is 15.4. The Labute approximate surface area is 160 Å². The molecule has 1 aliphatic heterocycles. The summed E-state index contributed by atoms with van der Waals surface area (Å²) in [6, 6.07) is 12.4. The standard InChI is InChI=1S/C20H19N7O/c1-12-10-17(26-8-6-13(7-9-26)18-23-20(28)25-24-18)27-16-5-3-2-4-15(16)22-19(27)14(12)11-21/h2-5,10,13H,6-9H2,1H3,(H2,23,24,25,28). The third-order valence-electron chi connectivity index (χ3n) is 5.59. The van der Waals surface area contributed by atoms with Gasteiger partial charge < -0.3 is 4.90 Å². The number of aromatic amines is 2. The molecule has 0 unspecified atom stereocenters. The summed E-state index contributed by atoms with van der Waals surface area (Å²) in [6.45, 7) is 3.64. The van der Waals surface area contributed by atoms with Gasteiger partial charge in [0.2, 0.25) is 0 Å². The van der Waals surface area contributed by atoms with Crippen LogP contribution in [0.5, 0.6) is 0 Å². The van der Waals surface area contributed by atoms with Crippen LogP contribution in [-0.4, -0.2) is 37.7 Å². The van der Waals surface area contributed by atoms with E-state index in [2.05, 4.69) is 36.6 Å². The molecule has 1 aliphatic rings. The third-order valence-corrected chi connectivity index (χ3v) is 5.59. The SMILES string of the molecule is Cc1cc(N2CCC(c3n[nH]c(=O)[nH]3)CC2)n2c(nc3ccccc32)c1C#N. The number of anilines is 1. The predicted molar refractivity (Wildman–Crippen MR) is 106 cm³/mol. The van der Waals surface area contributed by atoms with Gasteiger partial charge in [-0.15, -0.1) is 0 Å². The minimum atomic E-state index is -0.258.